The molecule has 104 valence electrons. The van der Waals surface area contributed by atoms with Crippen LogP contribution in [0.4, 0.5) is 10.1 Å². The first kappa shape index (κ1) is 14.1. The van der Waals surface area contributed by atoms with Gasteiger partial charge in [-0.15, -0.1) is 0 Å². The van der Waals surface area contributed by atoms with Crippen molar-refractivity contribution >= 4 is 11.6 Å². The minimum Gasteiger partial charge on any atom is -0.484 e. The number of carbonyl (C=O) groups is 1. The van der Waals surface area contributed by atoms with Crippen molar-refractivity contribution in [1.29, 1.82) is 0 Å². The van der Waals surface area contributed by atoms with E-state index in [1.807, 2.05) is 24.3 Å². The monoisotopic (exact) mass is 273 g/mol. The molecule has 20 heavy (non-hydrogen) atoms. The van der Waals surface area contributed by atoms with Gasteiger partial charge in [0, 0.05) is 5.69 Å². The summed E-state index contributed by atoms with van der Waals surface area (Å²) in [6.45, 7) is 1.95. The summed E-state index contributed by atoms with van der Waals surface area (Å²) in [7, 11) is 0. The molecular weight excluding hydrogens is 257 g/mol. The van der Waals surface area contributed by atoms with Crippen LogP contribution < -0.4 is 10.1 Å². The molecule has 0 saturated heterocycles. The van der Waals surface area contributed by atoms with Crippen LogP contribution in [0.15, 0.2) is 48.5 Å². The molecule has 0 heterocycles. The molecule has 0 spiro atoms. The van der Waals surface area contributed by atoms with Gasteiger partial charge in [0.2, 0.25) is 0 Å². The van der Waals surface area contributed by atoms with E-state index < -0.39 is 0 Å². The SMILES string of the molecule is CCc1cccc(NC(=O)COc2ccc(F)cc2)c1. The Hall–Kier alpha value is -2.36. The van der Waals surface area contributed by atoms with Crippen molar-refractivity contribution in [3.05, 3.63) is 59.9 Å². The highest BCUT2D eigenvalue weighted by molar-refractivity contribution is 5.91. The largest absolute Gasteiger partial charge is 0.484 e. The zero-order chi connectivity index (χ0) is 14.4. The minimum atomic E-state index is -0.335. The van der Waals surface area contributed by atoms with E-state index in [-0.39, 0.29) is 18.3 Å². The Morgan fingerprint density at radius 2 is 1.95 bits per heavy atom. The van der Waals surface area contributed by atoms with E-state index >= 15 is 0 Å². The number of anilines is 1. The Bertz CT molecular complexity index is 581. The number of hydrogen-bond acceptors (Lipinski definition) is 2. The highest BCUT2D eigenvalue weighted by atomic mass is 19.1. The van der Waals surface area contributed by atoms with Crippen LogP contribution in [0.2, 0.25) is 0 Å². The molecule has 3 nitrogen and oxygen atoms in total. The van der Waals surface area contributed by atoms with Gasteiger partial charge < -0.3 is 10.1 Å². The summed E-state index contributed by atoms with van der Waals surface area (Å²) in [6, 6.07) is 13.2. The maximum atomic E-state index is 12.7. The van der Waals surface area contributed by atoms with Gasteiger partial charge in [0.05, 0.1) is 0 Å². The van der Waals surface area contributed by atoms with E-state index in [2.05, 4.69) is 12.2 Å². The van der Waals surface area contributed by atoms with Gasteiger partial charge in [0.1, 0.15) is 11.6 Å². The number of carbonyl (C=O) groups excluding carboxylic acids is 1. The molecule has 0 saturated carbocycles. The average Bonchev–Trinajstić information content (AvgIpc) is 2.47. The third-order valence-electron chi connectivity index (χ3n) is 2.80. The van der Waals surface area contributed by atoms with Crippen molar-refractivity contribution in [2.45, 2.75) is 13.3 Å². The fraction of sp³-hybridized carbons (Fsp3) is 0.188. The van der Waals surface area contributed by atoms with Gasteiger partial charge in [-0.05, 0) is 48.4 Å². The Labute approximate surface area is 117 Å². The number of benzene rings is 2. The fourth-order valence-corrected chi connectivity index (χ4v) is 1.75. The molecule has 4 heteroatoms. The molecular formula is C16H16FNO2. The smallest absolute Gasteiger partial charge is 0.262 e. The molecule has 0 fully saturated rings. The molecule has 0 aromatic heterocycles. The summed E-state index contributed by atoms with van der Waals surface area (Å²) in [5, 5.41) is 2.76. The third-order valence-corrected chi connectivity index (χ3v) is 2.80. The van der Waals surface area contributed by atoms with Gasteiger partial charge in [-0.3, -0.25) is 4.79 Å². The number of rotatable bonds is 5. The second-order valence-electron chi connectivity index (χ2n) is 4.34. The highest BCUT2D eigenvalue weighted by Crippen LogP contribution is 2.13. The zero-order valence-electron chi connectivity index (χ0n) is 11.2. The molecule has 2 rings (SSSR count). The summed E-state index contributed by atoms with van der Waals surface area (Å²) < 4.78 is 18.0. The van der Waals surface area contributed by atoms with Crippen molar-refractivity contribution in [2.75, 3.05) is 11.9 Å². The first-order valence-electron chi connectivity index (χ1n) is 6.44. The Morgan fingerprint density at radius 1 is 1.20 bits per heavy atom. The van der Waals surface area contributed by atoms with Gasteiger partial charge in [-0.25, -0.2) is 4.39 Å². The first-order valence-corrected chi connectivity index (χ1v) is 6.44. The lowest BCUT2D eigenvalue weighted by Crippen LogP contribution is -2.20. The van der Waals surface area contributed by atoms with Gasteiger partial charge in [-0.1, -0.05) is 19.1 Å². The summed E-state index contributed by atoms with van der Waals surface area (Å²) in [6.07, 6.45) is 0.912. The Kier molecular flexibility index (Phi) is 4.71. The van der Waals surface area contributed by atoms with Crippen LogP contribution in [0.1, 0.15) is 12.5 Å². The quantitative estimate of drug-likeness (QED) is 0.906. The van der Waals surface area contributed by atoms with Crippen LogP contribution in [0.25, 0.3) is 0 Å². The normalized spacial score (nSPS) is 10.1. The number of amides is 1. The van der Waals surface area contributed by atoms with Crippen molar-refractivity contribution in [2.24, 2.45) is 0 Å². The lowest BCUT2D eigenvalue weighted by atomic mass is 10.1. The summed E-state index contributed by atoms with van der Waals surface area (Å²) in [5.41, 5.74) is 1.90. The molecule has 0 atom stereocenters. The fourth-order valence-electron chi connectivity index (χ4n) is 1.75. The minimum absolute atomic E-state index is 0.109. The second-order valence-corrected chi connectivity index (χ2v) is 4.34. The van der Waals surface area contributed by atoms with Crippen molar-refractivity contribution in [3.8, 4) is 5.75 Å². The lowest BCUT2D eigenvalue weighted by molar-refractivity contribution is -0.118. The number of nitrogens with one attached hydrogen (secondary N) is 1. The Morgan fingerprint density at radius 3 is 2.65 bits per heavy atom. The lowest BCUT2D eigenvalue weighted by Gasteiger charge is -2.08. The predicted octanol–water partition coefficient (Wildman–Crippen LogP) is 3.41. The van der Waals surface area contributed by atoms with Crippen LogP contribution in [-0.2, 0) is 11.2 Å². The average molecular weight is 273 g/mol. The van der Waals surface area contributed by atoms with Crippen LogP contribution in [0.5, 0.6) is 5.75 Å². The topological polar surface area (TPSA) is 38.3 Å². The van der Waals surface area contributed by atoms with Crippen LogP contribution in [-0.4, -0.2) is 12.5 Å². The zero-order valence-corrected chi connectivity index (χ0v) is 11.2. The predicted molar refractivity (Wildman–Crippen MR) is 76.3 cm³/mol. The van der Waals surface area contributed by atoms with Gasteiger partial charge in [-0.2, -0.15) is 0 Å². The number of aryl methyl sites for hydroxylation is 1. The van der Waals surface area contributed by atoms with E-state index in [0.29, 0.717) is 5.75 Å². The standard InChI is InChI=1S/C16H16FNO2/c1-2-12-4-3-5-14(10-12)18-16(19)11-20-15-8-6-13(17)7-9-15/h3-10H,2,11H2,1H3,(H,18,19). The van der Waals surface area contributed by atoms with E-state index in [4.69, 9.17) is 4.74 Å². The summed E-state index contributed by atoms with van der Waals surface area (Å²) in [4.78, 5) is 11.7. The third kappa shape index (κ3) is 4.09. The summed E-state index contributed by atoms with van der Waals surface area (Å²) >= 11 is 0. The second kappa shape index (κ2) is 6.70. The molecule has 2 aromatic rings. The van der Waals surface area contributed by atoms with E-state index in [1.165, 1.54) is 24.3 Å². The van der Waals surface area contributed by atoms with Crippen molar-refractivity contribution in [3.63, 3.8) is 0 Å². The van der Waals surface area contributed by atoms with Crippen molar-refractivity contribution < 1.29 is 13.9 Å². The molecule has 0 unspecified atom stereocenters. The van der Waals surface area contributed by atoms with Gasteiger partial charge in [0.15, 0.2) is 6.61 Å². The first-order chi connectivity index (χ1) is 9.67. The molecule has 2 aromatic carbocycles. The molecule has 0 aliphatic heterocycles. The maximum Gasteiger partial charge on any atom is 0.262 e. The molecule has 1 N–H and O–H groups in total. The highest BCUT2D eigenvalue weighted by Gasteiger charge is 2.04. The van der Waals surface area contributed by atoms with E-state index in [9.17, 15) is 9.18 Å². The molecule has 0 radical (unpaired) electrons. The maximum absolute atomic E-state index is 12.7. The number of hydrogen-bond donors (Lipinski definition) is 1. The van der Waals surface area contributed by atoms with Crippen LogP contribution >= 0.6 is 0 Å². The van der Waals surface area contributed by atoms with Crippen LogP contribution in [0, 0.1) is 5.82 Å². The van der Waals surface area contributed by atoms with Gasteiger partial charge in [0.25, 0.3) is 5.91 Å². The number of halogens is 1. The van der Waals surface area contributed by atoms with Gasteiger partial charge >= 0.3 is 0 Å². The molecule has 0 bridgehead atoms. The van der Waals surface area contributed by atoms with Crippen LogP contribution in [0.3, 0.4) is 0 Å². The van der Waals surface area contributed by atoms with E-state index in [1.54, 1.807) is 0 Å². The van der Waals surface area contributed by atoms with Crippen molar-refractivity contribution in [1.82, 2.24) is 0 Å². The summed E-state index contributed by atoms with van der Waals surface area (Å²) in [5.74, 6) is -0.121. The Balaban J connectivity index is 1.87. The number of ether oxygens (including phenoxy) is 1. The molecule has 0 aliphatic carbocycles. The van der Waals surface area contributed by atoms with E-state index in [0.717, 1.165) is 17.7 Å². The molecule has 0 aliphatic rings. The molecule has 1 amide bonds.